The van der Waals surface area contributed by atoms with E-state index in [2.05, 4.69) is 4.98 Å². The molecule has 1 atom stereocenters. The van der Waals surface area contributed by atoms with Crippen LogP contribution in [-0.4, -0.2) is 29.2 Å². The zero-order valence-electron chi connectivity index (χ0n) is 14.9. The predicted octanol–water partition coefficient (Wildman–Crippen LogP) is 3.95. The summed E-state index contributed by atoms with van der Waals surface area (Å²) < 4.78 is 16.6. The third kappa shape index (κ3) is 3.49. The fourth-order valence-corrected chi connectivity index (χ4v) is 3.20. The Labute approximate surface area is 156 Å². The highest BCUT2D eigenvalue weighted by atomic mass is 16.5. The maximum atomic E-state index is 9.96. The van der Waals surface area contributed by atoms with Gasteiger partial charge in [-0.1, -0.05) is 12.1 Å². The summed E-state index contributed by atoms with van der Waals surface area (Å²) in [6.45, 7) is 3.07. The molecule has 0 fully saturated rings. The lowest BCUT2D eigenvalue weighted by Gasteiger charge is -2.22. The fourth-order valence-electron chi connectivity index (χ4n) is 3.20. The Bertz CT molecular complexity index is 1000. The molecule has 1 aliphatic rings. The van der Waals surface area contributed by atoms with Crippen molar-refractivity contribution in [2.24, 2.45) is 0 Å². The van der Waals surface area contributed by atoms with E-state index in [1.165, 1.54) is 0 Å². The molecule has 0 radical (unpaired) electrons. The van der Waals surface area contributed by atoms with Gasteiger partial charge in [0.05, 0.1) is 25.3 Å². The lowest BCUT2D eigenvalue weighted by molar-refractivity contribution is 0.00971. The molecule has 27 heavy (non-hydrogen) atoms. The number of aliphatic hydroxyl groups is 1. The van der Waals surface area contributed by atoms with E-state index < -0.39 is 6.10 Å². The summed E-state index contributed by atoms with van der Waals surface area (Å²) in [5, 5.41) is 18.8. The second-order valence-electron chi connectivity index (χ2n) is 6.28. The SMILES string of the molecule is CCOC(=N)c1cccc2nc(Oc3ccc4c(c3)COCC4O)ccc12. The number of nitrogens with one attached hydrogen (secondary N) is 1. The van der Waals surface area contributed by atoms with Gasteiger partial charge in [0.25, 0.3) is 0 Å². The van der Waals surface area contributed by atoms with E-state index in [-0.39, 0.29) is 5.90 Å². The first-order valence-electron chi connectivity index (χ1n) is 8.83. The van der Waals surface area contributed by atoms with Crippen molar-refractivity contribution in [1.29, 1.82) is 5.41 Å². The Hall–Kier alpha value is -2.96. The van der Waals surface area contributed by atoms with Crippen LogP contribution in [0, 0.1) is 5.41 Å². The lowest BCUT2D eigenvalue weighted by Crippen LogP contribution is -2.15. The molecular formula is C21H20N2O4. The van der Waals surface area contributed by atoms with Crippen LogP contribution < -0.4 is 4.74 Å². The van der Waals surface area contributed by atoms with Crippen LogP contribution in [0.15, 0.2) is 48.5 Å². The number of fused-ring (bicyclic) bond motifs is 2. The van der Waals surface area contributed by atoms with Gasteiger partial charge in [0.1, 0.15) is 11.9 Å². The maximum absolute atomic E-state index is 9.96. The summed E-state index contributed by atoms with van der Waals surface area (Å²) in [4.78, 5) is 4.55. The summed E-state index contributed by atoms with van der Waals surface area (Å²) in [6.07, 6.45) is -0.597. The molecule has 0 saturated carbocycles. The molecule has 1 aliphatic heterocycles. The number of hydrogen-bond donors (Lipinski definition) is 2. The van der Waals surface area contributed by atoms with E-state index in [0.717, 1.165) is 22.0 Å². The number of nitrogens with zero attached hydrogens (tertiary/aromatic N) is 1. The Kier molecular flexibility index (Phi) is 4.75. The highest BCUT2D eigenvalue weighted by Gasteiger charge is 2.19. The van der Waals surface area contributed by atoms with E-state index in [9.17, 15) is 5.11 Å². The van der Waals surface area contributed by atoms with Crippen LogP contribution in [-0.2, 0) is 16.1 Å². The Balaban J connectivity index is 1.62. The Morgan fingerprint density at radius 1 is 1.26 bits per heavy atom. The molecule has 6 heteroatoms. The Morgan fingerprint density at radius 2 is 2.15 bits per heavy atom. The van der Waals surface area contributed by atoms with Gasteiger partial charge in [0.2, 0.25) is 11.8 Å². The van der Waals surface area contributed by atoms with Gasteiger partial charge in [-0.2, -0.15) is 0 Å². The number of hydrogen-bond acceptors (Lipinski definition) is 6. The number of rotatable bonds is 4. The molecule has 0 bridgehead atoms. The highest BCUT2D eigenvalue weighted by Crippen LogP contribution is 2.30. The van der Waals surface area contributed by atoms with Crippen molar-refractivity contribution in [3.05, 3.63) is 65.2 Å². The second kappa shape index (κ2) is 7.34. The van der Waals surface area contributed by atoms with Crippen molar-refractivity contribution in [2.45, 2.75) is 19.6 Å². The van der Waals surface area contributed by atoms with E-state index in [0.29, 0.717) is 37.0 Å². The van der Waals surface area contributed by atoms with Crippen molar-refractivity contribution >= 4 is 16.8 Å². The summed E-state index contributed by atoms with van der Waals surface area (Å²) in [5.74, 6) is 1.23. The molecule has 1 aromatic heterocycles. The molecule has 3 aromatic rings. The maximum Gasteiger partial charge on any atom is 0.219 e. The quantitative estimate of drug-likeness (QED) is 0.541. The summed E-state index contributed by atoms with van der Waals surface area (Å²) in [6, 6.07) is 14.8. The molecule has 2 N–H and O–H groups in total. The zero-order valence-corrected chi connectivity index (χ0v) is 14.9. The first-order chi connectivity index (χ1) is 13.2. The minimum absolute atomic E-state index is 0.131. The van der Waals surface area contributed by atoms with Gasteiger partial charge in [-0.15, -0.1) is 0 Å². The molecule has 0 spiro atoms. The molecule has 138 valence electrons. The molecule has 4 rings (SSSR count). The van der Waals surface area contributed by atoms with Crippen molar-refractivity contribution in [3.63, 3.8) is 0 Å². The average molecular weight is 364 g/mol. The van der Waals surface area contributed by atoms with Crippen molar-refractivity contribution in [1.82, 2.24) is 4.98 Å². The minimum Gasteiger partial charge on any atom is -0.478 e. The molecule has 1 unspecified atom stereocenters. The van der Waals surface area contributed by atoms with Gasteiger partial charge in [0.15, 0.2) is 0 Å². The zero-order chi connectivity index (χ0) is 18.8. The van der Waals surface area contributed by atoms with Gasteiger partial charge in [-0.25, -0.2) is 4.98 Å². The van der Waals surface area contributed by atoms with Crippen molar-refractivity contribution in [2.75, 3.05) is 13.2 Å². The summed E-state index contributed by atoms with van der Waals surface area (Å²) in [5.41, 5.74) is 3.22. The van der Waals surface area contributed by atoms with Gasteiger partial charge in [-0.3, -0.25) is 5.41 Å². The van der Waals surface area contributed by atoms with E-state index in [1.807, 2.05) is 49.4 Å². The number of benzene rings is 2. The van der Waals surface area contributed by atoms with E-state index >= 15 is 0 Å². The second-order valence-corrected chi connectivity index (χ2v) is 6.28. The van der Waals surface area contributed by atoms with Crippen LogP contribution in [0.3, 0.4) is 0 Å². The number of aliphatic hydroxyl groups excluding tert-OH is 1. The van der Waals surface area contributed by atoms with Crippen LogP contribution in [0.25, 0.3) is 10.9 Å². The number of pyridine rings is 1. The number of ether oxygens (including phenoxy) is 3. The fraction of sp³-hybridized carbons (Fsp3) is 0.238. The lowest BCUT2D eigenvalue weighted by atomic mass is 10.0. The normalized spacial score (nSPS) is 16.0. The van der Waals surface area contributed by atoms with Crippen LogP contribution in [0.4, 0.5) is 0 Å². The number of aromatic nitrogens is 1. The van der Waals surface area contributed by atoms with Gasteiger partial charge in [0, 0.05) is 17.0 Å². The Morgan fingerprint density at radius 3 is 3.00 bits per heavy atom. The van der Waals surface area contributed by atoms with Crippen LogP contribution in [0.1, 0.15) is 29.7 Å². The molecule has 6 nitrogen and oxygen atoms in total. The van der Waals surface area contributed by atoms with Crippen LogP contribution in [0.2, 0.25) is 0 Å². The molecular weight excluding hydrogens is 344 g/mol. The van der Waals surface area contributed by atoms with E-state index in [1.54, 1.807) is 6.07 Å². The van der Waals surface area contributed by atoms with E-state index in [4.69, 9.17) is 19.6 Å². The van der Waals surface area contributed by atoms with Gasteiger partial charge in [-0.05, 0) is 48.4 Å². The first kappa shape index (κ1) is 17.5. The van der Waals surface area contributed by atoms with Gasteiger partial charge >= 0.3 is 0 Å². The largest absolute Gasteiger partial charge is 0.478 e. The van der Waals surface area contributed by atoms with Gasteiger partial charge < -0.3 is 19.3 Å². The van der Waals surface area contributed by atoms with Crippen LogP contribution in [0.5, 0.6) is 11.6 Å². The van der Waals surface area contributed by atoms with Crippen LogP contribution >= 0.6 is 0 Å². The highest BCUT2D eigenvalue weighted by molar-refractivity contribution is 6.04. The molecule has 2 aromatic carbocycles. The first-order valence-corrected chi connectivity index (χ1v) is 8.83. The van der Waals surface area contributed by atoms with Crippen molar-refractivity contribution in [3.8, 4) is 11.6 Å². The molecule has 0 aliphatic carbocycles. The smallest absolute Gasteiger partial charge is 0.219 e. The third-order valence-electron chi connectivity index (χ3n) is 4.47. The summed E-state index contributed by atoms with van der Waals surface area (Å²) >= 11 is 0. The minimum atomic E-state index is -0.597. The standard InChI is InChI=1S/C21H20N2O4/c1-2-26-21(22)17-4-3-5-18-16(17)8-9-20(23-18)27-14-6-7-15-13(10-14)11-25-12-19(15)24/h3-10,19,22,24H,2,11-12H2,1H3. The summed E-state index contributed by atoms with van der Waals surface area (Å²) in [7, 11) is 0. The average Bonchev–Trinajstić information content (AvgIpc) is 2.67. The monoisotopic (exact) mass is 364 g/mol. The topological polar surface area (TPSA) is 84.7 Å². The third-order valence-corrected chi connectivity index (χ3v) is 4.47. The molecule has 0 amide bonds. The van der Waals surface area contributed by atoms with Crippen molar-refractivity contribution < 1.29 is 19.3 Å². The molecule has 0 saturated heterocycles. The molecule has 2 heterocycles. The predicted molar refractivity (Wildman–Crippen MR) is 101 cm³/mol.